The van der Waals surface area contributed by atoms with E-state index in [9.17, 15) is 4.79 Å². The lowest BCUT2D eigenvalue weighted by molar-refractivity contribution is -0.130. The topological polar surface area (TPSA) is 55.1 Å². The van der Waals surface area contributed by atoms with Crippen LogP contribution in [-0.4, -0.2) is 18.5 Å². The van der Waals surface area contributed by atoms with Gasteiger partial charge < -0.3 is 11.1 Å². The molecule has 2 saturated carbocycles. The first-order valence-electron chi connectivity index (χ1n) is 8.02. The van der Waals surface area contributed by atoms with Crippen molar-refractivity contribution in [3.05, 3.63) is 0 Å². The summed E-state index contributed by atoms with van der Waals surface area (Å²) >= 11 is 0. The van der Waals surface area contributed by atoms with E-state index in [-0.39, 0.29) is 11.3 Å². The van der Waals surface area contributed by atoms with Gasteiger partial charge in [0.25, 0.3) is 0 Å². The molecule has 1 unspecified atom stereocenters. The maximum absolute atomic E-state index is 12.4. The summed E-state index contributed by atoms with van der Waals surface area (Å²) in [7, 11) is 0. The number of hydrogen-bond acceptors (Lipinski definition) is 2. The number of nitrogens with one attached hydrogen (secondary N) is 1. The average molecular weight is 266 g/mol. The van der Waals surface area contributed by atoms with Crippen LogP contribution < -0.4 is 11.1 Å². The molecule has 0 aromatic rings. The van der Waals surface area contributed by atoms with Crippen LogP contribution in [0.4, 0.5) is 0 Å². The number of rotatable bonds is 3. The minimum absolute atomic E-state index is 0.178. The lowest BCUT2D eigenvalue weighted by Gasteiger charge is -2.38. The van der Waals surface area contributed by atoms with Gasteiger partial charge in [0, 0.05) is 18.5 Å². The molecule has 3 nitrogen and oxygen atoms in total. The van der Waals surface area contributed by atoms with Gasteiger partial charge in [0.2, 0.25) is 5.91 Å². The lowest BCUT2D eigenvalue weighted by atomic mass is 9.68. The Morgan fingerprint density at radius 2 is 1.84 bits per heavy atom. The third kappa shape index (κ3) is 3.95. The highest BCUT2D eigenvalue weighted by atomic mass is 16.1. The summed E-state index contributed by atoms with van der Waals surface area (Å²) in [6.07, 6.45) is 9.32. The molecule has 0 aliphatic heterocycles. The van der Waals surface area contributed by atoms with Gasteiger partial charge in [-0.3, -0.25) is 4.79 Å². The molecule has 0 heterocycles. The minimum Gasteiger partial charge on any atom is -0.356 e. The highest BCUT2D eigenvalue weighted by Gasteiger charge is 2.37. The van der Waals surface area contributed by atoms with E-state index in [1.165, 1.54) is 32.1 Å². The van der Waals surface area contributed by atoms with Gasteiger partial charge in [0.05, 0.1) is 0 Å². The first-order valence-corrected chi connectivity index (χ1v) is 8.02. The van der Waals surface area contributed by atoms with Gasteiger partial charge in [-0.05, 0) is 49.9 Å². The molecule has 0 saturated heterocycles. The fraction of sp³-hybridized carbons (Fsp3) is 0.938. The molecule has 1 amide bonds. The van der Waals surface area contributed by atoms with Crippen LogP contribution in [0.2, 0.25) is 0 Å². The highest BCUT2D eigenvalue weighted by molar-refractivity contribution is 5.79. The Balaban J connectivity index is 1.77. The quantitative estimate of drug-likeness (QED) is 0.825. The maximum Gasteiger partial charge on any atom is 0.223 e. The Bertz CT molecular complexity index is 306. The Hall–Kier alpha value is -0.570. The number of amides is 1. The molecular formula is C16H30N2O. The second kappa shape index (κ2) is 6.25. The van der Waals surface area contributed by atoms with Crippen LogP contribution >= 0.6 is 0 Å². The lowest BCUT2D eigenvalue weighted by Crippen LogP contribution is -2.43. The molecule has 0 spiro atoms. The monoisotopic (exact) mass is 266 g/mol. The number of nitrogens with two attached hydrogens (primary N) is 1. The Labute approximate surface area is 117 Å². The summed E-state index contributed by atoms with van der Waals surface area (Å²) in [5.74, 6) is 1.15. The van der Waals surface area contributed by atoms with Gasteiger partial charge in [0.1, 0.15) is 0 Å². The molecule has 2 fully saturated rings. The van der Waals surface area contributed by atoms with E-state index in [0.717, 1.165) is 25.8 Å². The van der Waals surface area contributed by atoms with Crippen molar-refractivity contribution in [2.45, 2.75) is 71.3 Å². The predicted molar refractivity (Wildman–Crippen MR) is 78.7 cm³/mol. The van der Waals surface area contributed by atoms with Crippen molar-refractivity contribution in [2.24, 2.45) is 23.0 Å². The Morgan fingerprint density at radius 1 is 1.16 bits per heavy atom. The molecule has 2 rings (SSSR count). The zero-order valence-corrected chi connectivity index (χ0v) is 12.6. The van der Waals surface area contributed by atoms with Gasteiger partial charge in [-0.25, -0.2) is 0 Å². The van der Waals surface area contributed by atoms with Gasteiger partial charge >= 0.3 is 0 Å². The zero-order valence-electron chi connectivity index (χ0n) is 12.6. The smallest absolute Gasteiger partial charge is 0.223 e. The van der Waals surface area contributed by atoms with E-state index in [1.807, 2.05) is 0 Å². The summed E-state index contributed by atoms with van der Waals surface area (Å²) in [6.45, 7) is 5.35. The van der Waals surface area contributed by atoms with Crippen LogP contribution in [0.1, 0.15) is 65.2 Å². The summed E-state index contributed by atoms with van der Waals surface area (Å²) in [5.41, 5.74) is 6.10. The first kappa shape index (κ1) is 14.8. The van der Waals surface area contributed by atoms with Crippen molar-refractivity contribution in [1.29, 1.82) is 0 Å². The van der Waals surface area contributed by atoms with Gasteiger partial charge in [0.15, 0.2) is 0 Å². The molecule has 0 aromatic heterocycles. The van der Waals surface area contributed by atoms with Crippen LogP contribution in [0, 0.1) is 17.3 Å². The van der Waals surface area contributed by atoms with Crippen molar-refractivity contribution in [3.63, 3.8) is 0 Å². The molecule has 1 atom stereocenters. The predicted octanol–water partition coefficient (Wildman–Crippen LogP) is 2.84. The fourth-order valence-corrected chi connectivity index (χ4v) is 3.74. The fourth-order valence-electron chi connectivity index (χ4n) is 3.74. The number of carbonyl (C=O) groups excluding carboxylic acids is 1. The first-order chi connectivity index (χ1) is 8.99. The van der Waals surface area contributed by atoms with Crippen molar-refractivity contribution in [2.75, 3.05) is 6.54 Å². The maximum atomic E-state index is 12.4. The Morgan fingerprint density at radius 3 is 2.47 bits per heavy atom. The molecule has 2 aliphatic carbocycles. The van der Waals surface area contributed by atoms with Gasteiger partial charge in [-0.2, -0.15) is 0 Å². The summed E-state index contributed by atoms with van der Waals surface area (Å²) in [5, 5.41) is 3.21. The third-order valence-corrected chi connectivity index (χ3v) is 5.28. The van der Waals surface area contributed by atoms with Gasteiger partial charge in [-0.1, -0.05) is 26.7 Å². The second-order valence-corrected chi connectivity index (χ2v) is 7.31. The second-order valence-electron chi connectivity index (χ2n) is 7.31. The van der Waals surface area contributed by atoms with Gasteiger partial charge in [-0.15, -0.1) is 0 Å². The standard InChI is InChI=1S/C16H30N2O/c1-16(2)10-4-3-5-14(16)15(19)18-11-12-6-8-13(17)9-7-12/h12-14H,3-11,17H2,1-2H3,(H,18,19). The van der Waals surface area contributed by atoms with E-state index in [4.69, 9.17) is 5.73 Å². The van der Waals surface area contributed by atoms with Crippen molar-refractivity contribution < 1.29 is 4.79 Å². The van der Waals surface area contributed by atoms with Crippen LogP contribution in [0.25, 0.3) is 0 Å². The molecule has 3 N–H and O–H groups in total. The number of hydrogen-bond donors (Lipinski definition) is 2. The van der Waals surface area contributed by atoms with Crippen molar-refractivity contribution >= 4 is 5.91 Å². The van der Waals surface area contributed by atoms with Crippen LogP contribution in [0.15, 0.2) is 0 Å². The molecule has 0 bridgehead atoms. The number of carbonyl (C=O) groups is 1. The summed E-state index contributed by atoms with van der Waals surface area (Å²) in [6, 6.07) is 0.393. The molecular weight excluding hydrogens is 236 g/mol. The zero-order chi connectivity index (χ0) is 13.9. The molecule has 0 radical (unpaired) electrons. The van der Waals surface area contributed by atoms with Crippen LogP contribution in [-0.2, 0) is 4.79 Å². The molecule has 0 aromatic carbocycles. The average Bonchev–Trinajstić information content (AvgIpc) is 2.37. The largest absolute Gasteiger partial charge is 0.356 e. The van der Waals surface area contributed by atoms with Crippen molar-refractivity contribution in [1.82, 2.24) is 5.32 Å². The third-order valence-electron chi connectivity index (χ3n) is 5.28. The molecule has 3 heteroatoms. The summed E-state index contributed by atoms with van der Waals surface area (Å²) in [4.78, 5) is 12.4. The highest BCUT2D eigenvalue weighted by Crippen LogP contribution is 2.40. The van der Waals surface area contributed by atoms with Crippen molar-refractivity contribution in [3.8, 4) is 0 Å². The molecule has 19 heavy (non-hydrogen) atoms. The SMILES string of the molecule is CC1(C)CCCCC1C(=O)NCC1CCC(N)CC1. The van der Waals surface area contributed by atoms with Crippen LogP contribution in [0.3, 0.4) is 0 Å². The Kier molecular flexibility index (Phi) is 4.88. The van der Waals surface area contributed by atoms with E-state index in [0.29, 0.717) is 17.9 Å². The minimum atomic E-state index is 0.178. The normalized spacial score (nSPS) is 34.8. The molecule has 2 aliphatic rings. The van der Waals surface area contributed by atoms with E-state index < -0.39 is 0 Å². The van der Waals surface area contributed by atoms with E-state index in [2.05, 4.69) is 19.2 Å². The summed E-state index contributed by atoms with van der Waals surface area (Å²) < 4.78 is 0. The van der Waals surface area contributed by atoms with E-state index >= 15 is 0 Å². The van der Waals surface area contributed by atoms with Crippen LogP contribution in [0.5, 0.6) is 0 Å². The van der Waals surface area contributed by atoms with E-state index in [1.54, 1.807) is 0 Å². The molecule has 110 valence electrons.